The number of ether oxygens (including phenoxy) is 2. The van der Waals surface area contributed by atoms with Gasteiger partial charge in [-0.1, -0.05) is 6.07 Å². The van der Waals surface area contributed by atoms with Crippen LogP contribution in [0.25, 0.3) is 0 Å². The third-order valence-corrected chi connectivity index (χ3v) is 4.34. The van der Waals surface area contributed by atoms with Crippen molar-refractivity contribution < 1.29 is 14.3 Å². The number of nitrogens with zero attached hydrogens (tertiary/aromatic N) is 1. The lowest BCUT2D eigenvalue weighted by Crippen LogP contribution is -2.49. The molecular formula is C17H26N2O3. The van der Waals surface area contributed by atoms with Gasteiger partial charge in [0, 0.05) is 13.2 Å². The number of benzene rings is 1. The van der Waals surface area contributed by atoms with Crippen LogP contribution in [-0.2, 0) is 9.53 Å². The fourth-order valence-corrected chi connectivity index (χ4v) is 3.09. The molecule has 0 saturated carbocycles. The topological polar surface area (TPSA) is 50.8 Å². The Hall–Kier alpha value is -1.59. The smallest absolute Gasteiger partial charge is 0.229 e. The third kappa shape index (κ3) is 3.78. The fraction of sp³-hybridized carbons (Fsp3) is 0.588. The standard InChI is InChI=1S/C17H26N2O3/c1-12-7-8-16(22-4)14(10-12)18-17(20)13-6-5-9-19(2)15(13)11-21-3/h7-8,10,13,15H,5-6,9,11H2,1-4H3,(H,18,20)/t13-,15-/m1/s1. The van der Waals surface area contributed by atoms with Crippen LogP contribution in [0.4, 0.5) is 5.69 Å². The summed E-state index contributed by atoms with van der Waals surface area (Å²) in [5.74, 6) is 0.660. The maximum absolute atomic E-state index is 12.7. The van der Waals surface area contributed by atoms with Gasteiger partial charge in [0.2, 0.25) is 5.91 Å². The molecule has 0 spiro atoms. The van der Waals surface area contributed by atoms with Gasteiger partial charge in [0.1, 0.15) is 5.75 Å². The van der Waals surface area contributed by atoms with Gasteiger partial charge in [-0.25, -0.2) is 0 Å². The highest BCUT2D eigenvalue weighted by Crippen LogP contribution is 2.28. The molecule has 5 nitrogen and oxygen atoms in total. The molecule has 5 heteroatoms. The molecule has 0 unspecified atom stereocenters. The Morgan fingerprint density at radius 2 is 2.18 bits per heavy atom. The Balaban J connectivity index is 2.15. The van der Waals surface area contributed by atoms with Gasteiger partial charge >= 0.3 is 0 Å². The summed E-state index contributed by atoms with van der Waals surface area (Å²) >= 11 is 0. The zero-order valence-corrected chi connectivity index (χ0v) is 13.9. The van der Waals surface area contributed by atoms with Gasteiger partial charge in [-0.3, -0.25) is 4.79 Å². The van der Waals surface area contributed by atoms with Crippen LogP contribution in [0.1, 0.15) is 18.4 Å². The molecule has 1 N–H and O–H groups in total. The maximum Gasteiger partial charge on any atom is 0.229 e. The highest BCUT2D eigenvalue weighted by Gasteiger charge is 2.34. The van der Waals surface area contributed by atoms with Crippen molar-refractivity contribution in [2.24, 2.45) is 5.92 Å². The van der Waals surface area contributed by atoms with Crippen molar-refractivity contribution in [2.45, 2.75) is 25.8 Å². The van der Waals surface area contributed by atoms with E-state index in [-0.39, 0.29) is 17.9 Å². The summed E-state index contributed by atoms with van der Waals surface area (Å²) in [6.45, 7) is 3.57. The van der Waals surface area contributed by atoms with Gasteiger partial charge < -0.3 is 19.7 Å². The number of hydrogen-bond acceptors (Lipinski definition) is 4. The maximum atomic E-state index is 12.7. The van der Waals surface area contributed by atoms with Crippen molar-refractivity contribution in [1.29, 1.82) is 0 Å². The summed E-state index contributed by atoms with van der Waals surface area (Å²) in [4.78, 5) is 14.9. The Bertz CT molecular complexity index is 519. The predicted molar refractivity (Wildman–Crippen MR) is 87.4 cm³/mol. The summed E-state index contributed by atoms with van der Waals surface area (Å²) in [6, 6.07) is 5.91. The number of carbonyl (C=O) groups is 1. The summed E-state index contributed by atoms with van der Waals surface area (Å²) in [5.41, 5.74) is 1.82. The van der Waals surface area contributed by atoms with Crippen LogP contribution in [0, 0.1) is 12.8 Å². The molecule has 1 heterocycles. The normalized spacial score (nSPS) is 22.4. The first-order valence-electron chi connectivity index (χ1n) is 7.71. The number of nitrogens with one attached hydrogen (secondary N) is 1. The number of likely N-dealkylation sites (tertiary alicyclic amines) is 1. The van der Waals surface area contributed by atoms with E-state index in [4.69, 9.17) is 9.47 Å². The van der Waals surface area contributed by atoms with Gasteiger partial charge in [0.15, 0.2) is 0 Å². The van der Waals surface area contributed by atoms with Crippen LogP contribution in [-0.4, -0.2) is 51.3 Å². The van der Waals surface area contributed by atoms with Gasteiger partial charge in [-0.15, -0.1) is 0 Å². The number of likely N-dealkylation sites (N-methyl/N-ethyl adjacent to an activating group) is 1. The van der Waals surface area contributed by atoms with Crippen LogP contribution in [0.15, 0.2) is 18.2 Å². The lowest BCUT2D eigenvalue weighted by Gasteiger charge is -2.37. The van der Waals surface area contributed by atoms with Gasteiger partial charge in [-0.05, 0) is 51.1 Å². The third-order valence-electron chi connectivity index (χ3n) is 4.34. The summed E-state index contributed by atoms with van der Waals surface area (Å²) in [5, 5.41) is 3.03. The number of anilines is 1. The average Bonchev–Trinajstić information content (AvgIpc) is 2.49. The first-order chi connectivity index (χ1) is 10.6. The molecule has 1 aromatic carbocycles. The average molecular weight is 306 g/mol. The number of aryl methyl sites for hydroxylation is 1. The van der Waals surface area contributed by atoms with Gasteiger partial charge in [0.25, 0.3) is 0 Å². The Labute approximate surface area is 132 Å². The molecule has 0 aliphatic carbocycles. The zero-order valence-electron chi connectivity index (χ0n) is 13.9. The molecule has 0 aromatic heterocycles. The van der Waals surface area contributed by atoms with E-state index in [1.807, 2.05) is 25.1 Å². The minimum atomic E-state index is -0.0658. The van der Waals surface area contributed by atoms with Crippen molar-refractivity contribution in [3.05, 3.63) is 23.8 Å². The Kier molecular flexibility index (Phi) is 5.80. The first-order valence-corrected chi connectivity index (χ1v) is 7.71. The second-order valence-corrected chi connectivity index (χ2v) is 5.95. The van der Waals surface area contributed by atoms with Crippen LogP contribution in [0.2, 0.25) is 0 Å². The molecule has 2 atom stereocenters. The van der Waals surface area contributed by atoms with Gasteiger partial charge in [0.05, 0.1) is 25.3 Å². The molecule has 2 rings (SSSR count). The van der Waals surface area contributed by atoms with E-state index in [9.17, 15) is 4.79 Å². The van der Waals surface area contributed by atoms with Crippen molar-refractivity contribution in [3.63, 3.8) is 0 Å². The van der Waals surface area contributed by atoms with Crippen LogP contribution in [0.5, 0.6) is 5.75 Å². The molecule has 1 amide bonds. The molecule has 22 heavy (non-hydrogen) atoms. The molecule has 1 aromatic rings. The zero-order chi connectivity index (χ0) is 16.1. The molecule has 1 aliphatic rings. The number of amides is 1. The lowest BCUT2D eigenvalue weighted by molar-refractivity contribution is -0.124. The predicted octanol–water partition coefficient (Wildman–Crippen LogP) is 2.30. The van der Waals surface area contributed by atoms with E-state index in [1.54, 1.807) is 14.2 Å². The quantitative estimate of drug-likeness (QED) is 0.907. The van der Waals surface area contributed by atoms with E-state index in [0.29, 0.717) is 12.4 Å². The van der Waals surface area contributed by atoms with Gasteiger partial charge in [-0.2, -0.15) is 0 Å². The van der Waals surface area contributed by atoms with Crippen LogP contribution >= 0.6 is 0 Å². The summed E-state index contributed by atoms with van der Waals surface area (Å²) in [7, 11) is 5.35. The van der Waals surface area contributed by atoms with E-state index >= 15 is 0 Å². The van der Waals surface area contributed by atoms with E-state index < -0.39 is 0 Å². The molecule has 1 aliphatic heterocycles. The van der Waals surface area contributed by atoms with Crippen LogP contribution < -0.4 is 10.1 Å². The summed E-state index contributed by atoms with van der Waals surface area (Å²) < 4.78 is 10.6. The highest BCUT2D eigenvalue weighted by molar-refractivity contribution is 5.94. The minimum Gasteiger partial charge on any atom is -0.495 e. The van der Waals surface area contributed by atoms with Crippen molar-refractivity contribution in [1.82, 2.24) is 4.90 Å². The second-order valence-electron chi connectivity index (χ2n) is 5.95. The largest absolute Gasteiger partial charge is 0.495 e. The monoisotopic (exact) mass is 306 g/mol. The molecule has 1 fully saturated rings. The van der Waals surface area contributed by atoms with Crippen molar-refractivity contribution >= 4 is 11.6 Å². The lowest BCUT2D eigenvalue weighted by atomic mass is 9.89. The SMILES string of the molecule is COC[C@@H]1[C@H](C(=O)Nc2cc(C)ccc2OC)CCCN1C. The highest BCUT2D eigenvalue weighted by atomic mass is 16.5. The van der Waals surface area contributed by atoms with E-state index in [2.05, 4.69) is 17.3 Å². The van der Waals surface area contributed by atoms with E-state index in [1.165, 1.54) is 0 Å². The number of rotatable bonds is 5. The second kappa shape index (κ2) is 7.61. The fourth-order valence-electron chi connectivity index (χ4n) is 3.09. The number of hydrogen-bond donors (Lipinski definition) is 1. The van der Waals surface area contributed by atoms with Crippen molar-refractivity contribution in [2.75, 3.05) is 39.7 Å². The van der Waals surface area contributed by atoms with Crippen LogP contribution in [0.3, 0.4) is 0 Å². The number of carbonyl (C=O) groups excluding carboxylic acids is 1. The molecule has 122 valence electrons. The molecular weight excluding hydrogens is 280 g/mol. The molecule has 0 bridgehead atoms. The first kappa shape index (κ1) is 16.8. The Morgan fingerprint density at radius 3 is 2.86 bits per heavy atom. The number of piperidine rings is 1. The van der Waals surface area contributed by atoms with Crippen molar-refractivity contribution in [3.8, 4) is 5.75 Å². The molecule has 0 radical (unpaired) electrons. The minimum absolute atomic E-state index is 0.0394. The summed E-state index contributed by atoms with van der Waals surface area (Å²) in [6.07, 6.45) is 1.91. The van der Waals surface area contributed by atoms with E-state index in [0.717, 1.165) is 30.6 Å². The number of methoxy groups -OCH3 is 2. The Morgan fingerprint density at radius 1 is 1.41 bits per heavy atom. The molecule has 1 saturated heterocycles.